The SMILES string of the molecule is CCC1CN(CCC(=O)Nc2ccc(F)cc2N)CCS1. The Morgan fingerprint density at radius 1 is 1.57 bits per heavy atom. The summed E-state index contributed by atoms with van der Waals surface area (Å²) in [6.07, 6.45) is 1.59. The van der Waals surface area contributed by atoms with E-state index in [0.29, 0.717) is 17.4 Å². The van der Waals surface area contributed by atoms with Gasteiger partial charge in [-0.15, -0.1) is 0 Å². The molecule has 1 unspecified atom stereocenters. The number of amides is 1. The summed E-state index contributed by atoms with van der Waals surface area (Å²) in [5, 5.41) is 3.42. The first-order valence-electron chi connectivity index (χ1n) is 7.27. The number of hydrogen-bond donors (Lipinski definition) is 2. The number of nitrogens with zero attached hydrogens (tertiary/aromatic N) is 1. The summed E-state index contributed by atoms with van der Waals surface area (Å²) in [7, 11) is 0. The molecule has 116 valence electrons. The van der Waals surface area contributed by atoms with E-state index in [9.17, 15) is 9.18 Å². The summed E-state index contributed by atoms with van der Waals surface area (Å²) in [6.45, 7) is 5.04. The van der Waals surface area contributed by atoms with E-state index in [1.165, 1.54) is 24.6 Å². The highest BCUT2D eigenvalue weighted by atomic mass is 32.2. The molecule has 3 N–H and O–H groups in total. The molecule has 6 heteroatoms. The van der Waals surface area contributed by atoms with E-state index >= 15 is 0 Å². The first-order valence-corrected chi connectivity index (χ1v) is 8.32. The number of nitrogens with two attached hydrogens (primary N) is 1. The smallest absolute Gasteiger partial charge is 0.225 e. The Bertz CT molecular complexity index is 498. The molecule has 0 radical (unpaired) electrons. The zero-order chi connectivity index (χ0) is 15.2. The summed E-state index contributed by atoms with van der Waals surface area (Å²) in [5.41, 5.74) is 6.40. The van der Waals surface area contributed by atoms with Crippen molar-refractivity contribution in [1.82, 2.24) is 4.90 Å². The third-order valence-electron chi connectivity index (χ3n) is 3.62. The Hall–Kier alpha value is -1.27. The van der Waals surface area contributed by atoms with E-state index in [4.69, 9.17) is 5.73 Å². The van der Waals surface area contributed by atoms with Gasteiger partial charge < -0.3 is 16.0 Å². The fourth-order valence-electron chi connectivity index (χ4n) is 2.35. The summed E-state index contributed by atoms with van der Waals surface area (Å²) in [4.78, 5) is 14.3. The average Bonchev–Trinajstić information content (AvgIpc) is 2.48. The quantitative estimate of drug-likeness (QED) is 0.821. The van der Waals surface area contributed by atoms with Gasteiger partial charge in [-0.1, -0.05) is 6.92 Å². The largest absolute Gasteiger partial charge is 0.397 e. The van der Waals surface area contributed by atoms with E-state index in [2.05, 4.69) is 17.1 Å². The molecule has 1 amide bonds. The van der Waals surface area contributed by atoms with Gasteiger partial charge in [0, 0.05) is 37.1 Å². The second-order valence-electron chi connectivity index (χ2n) is 5.23. The van der Waals surface area contributed by atoms with Crippen molar-refractivity contribution in [2.45, 2.75) is 25.0 Å². The lowest BCUT2D eigenvalue weighted by molar-refractivity contribution is -0.116. The molecule has 0 saturated carbocycles. The number of thioether (sulfide) groups is 1. The van der Waals surface area contributed by atoms with Crippen molar-refractivity contribution in [3.8, 4) is 0 Å². The van der Waals surface area contributed by atoms with Crippen LogP contribution in [-0.4, -0.2) is 41.4 Å². The number of anilines is 2. The Morgan fingerprint density at radius 3 is 3.10 bits per heavy atom. The second-order valence-corrected chi connectivity index (χ2v) is 6.64. The highest BCUT2D eigenvalue weighted by Crippen LogP contribution is 2.22. The maximum absolute atomic E-state index is 12.9. The van der Waals surface area contributed by atoms with Crippen molar-refractivity contribution in [2.24, 2.45) is 0 Å². The number of nitrogen functional groups attached to an aromatic ring is 1. The predicted octanol–water partition coefficient (Wildman–Crippen LogP) is 2.56. The van der Waals surface area contributed by atoms with Gasteiger partial charge in [-0.05, 0) is 24.6 Å². The molecule has 1 fully saturated rings. The first kappa shape index (κ1) is 16.1. The van der Waals surface area contributed by atoms with Crippen LogP contribution in [0.1, 0.15) is 19.8 Å². The molecule has 4 nitrogen and oxygen atoms in total. The maximum Gasteiger partial charge on any atom is 0.225 e. The fraction of sp³-hybridized carbons (Fsp3) is 0.533. The third kappa shape index (κ3) is 4.89. The predicted molar refractivity (Wildman–Crippen MR) is 87.0 cm³/mol. The second kappa shape index (κ2) is 7.66. The zero-order valence-corrected chi connectivity index (χ0v) is 13.1. The van der Waals surface area contributed by atoms with Crippen LogP contribution in [0.25, 0.3) is 0 Å². The van der Waals surface area contributed by atoms with Crippen LogP contribution in [0, 0.1) is 5.82 Å². The van der Waals surface area contributed by atoms with E-state index in [0.717, 1.165) is 25.4 Å². The summed E-state index contributed by atoms with van der Waals surface area (Å²) in [5.74, 6) is 0.645. The molecule has 2 rings (SSSR count). The molecule has 1 aliphatic heterocycles. The molecule has 1 aliphatic rings. The van der Waals surface area contributed by atoms with Gasteiger partial charge in [-0.3, -0.25) is 4.79 Å². The van der Waals surface area contributed by atoms with Gasteiger partial charge >= 0.3 is 0 Å². The molecule has 1 atom stereocenters. The zero-order valence-electron chi connectivity index (χ0n) is 12.3. The normalized spacial score (nSPS) is 19.4. The molecule has 1 aromatic rings. The van der Waals surface area contributed by atoms with Gasteiger partial charge in [-0.2, -0.15) is 11.8 Å². The van der Waals surface area contributed by atoms with E-state index < -0.39 is 5.82 Å². The molecule has 0 spiro atoms. The summed E-state index contributed by atoms with van der Waals surface area (Å²) < 4.78 is 12.9. The lowest BCUT2D eigenvalue weighted by atomic mass is 10.2. The maximum atomic E-state index is 12.9. The van der Waals surface area contributed by atoms with Crippen LogP contribution in [0.15, 0.2) is 18.2 Å². The van der Waals surface area contributed by atoms with Crippen LogP contribution < -0.4 is 11.1 Å². The van der Waals surface area contributed by atoms with Gasteiger partial charge in [0.2, 0.25) is 5.91 Å². The summed E-state index contributed by atoms with van der Waals surface area (Å²) in [6, 6.07) is 4.00. The Balaban J connectivity index is 1.79. The van der Waals surface area contributed by atoms with Crippen LogP contribution in [0.3, 0.4) is 0 Å². The van der Waals surface area contributed by atoms with Crippen molar-refractivity contribution in [3.63, 3.8) is 0 Å². The Morgan fingerprint density at radius 2 is 2.38 bits per heavy atom. The highest BCUT2D eigenvalue weighted by Gasteiger charge is 2.19. The third-order valence-corrected chi connectivity index (χ3v) is 4.99. The molecule has 1 saturated heterocycles. The standard InChI is InChI=1S/C15H22FN3OS/c1-2-12-10-19(7-8-21-12)6-5-15(20)18-14-4-3-11(16)9-13(14)17/h3-4,9,12H,2,5-8,10,17H2,1H3,(H,18,20). The van der Waals surface area contributed by atoms with Crippen LogP contribution in [0.4, 0.5) is 15.8 Å². The summed E-state index contributed by atoms with van der Waals surface area (Å²) >= 11 is 2.01. The van der Waals surface area contributed by atoms with Crippen molar-refractivity contribution < 1.29 is 9.18 Å². The van der Waals surface area contributed by atoms with E-state index in [1.54, 1.807) is 0 Å². The number of rotatable bonds is 5. The first-order chi connectivity index (χ1) is 10.1. The molecular formula is C15H22FN3OS. The molecule has 1 heterocycles. The average molecular weight is 311 g/mol. The molecule has 21 heavy (non-hydrogen) atoms. The Labute approximate surface area is 129 Å². The minimum atomic E-state index is -0.401. The van der Waals surface area contributed by atoms with Gasteiger partial charge in [0.25, 0.3) is 0 Å². The fourth-order valence-corrected chi connectivity index (χ4v) is 3.60. The molecular weight excluding hydrogens is 289 g/mol. The number of carbonyl (C=O) groups excluding carboxylic acids is 1. The number of benzene rings is 1. The number of halogens is 1. The van der Waals surface area contributed by atoms with Crippen LogP contribution in [-0.2, 0) is 4.79 Å². The van der Waals surface area contributed by atoms with E-state index in [1.807, 2.05) is 11.8 Å². The van der Waals surface area contributed by atoms with Crippen LogP contribution in [0.2, 0.25) is 0 Å². The minimum absolute atomic E-state index is 0.0837. The van der Waals surface area contributed by atoms with Crippen LogP contribution in [0.5, 0.6) is 0 Å². The minimum Gasteiger partial charge on any atom is -0.397 e. The lowest BCUT2D eigenvalue weighted by Gasteiger charge is -2.31. The molecule has 0 aliphatic carbocycles. The molecule has 0 aromatic heterocycles. The highest BCUT2D eigenvalue weighted by molar-refractivity contribution is 8.00. The topological polar surface area (TPSA) is 58.4 Å². The molecule has 0 bridgehead atoms. The van der Waals surface area contributed by atoms with Crippen molar-refractivity contribution in [2.75, 3.05) is 36.4 Å². The number of carbonyl (C=O) groups is 1. The van der Waals surface area contributed by atoms with Crippen molar-refractivity contribution in [3.05, 3.63) is 24.0 Å². The van der Waals surface area contributed by atoms with Crippen molar-refractivity contribution in [1.29, 1.82) is 0 Å². The lowest BCUT2D eigenvalue weighted by Crippen LogP contribution is -2.39. The number of hydrogen-bond acceptors (Lipinski definition) is 4. The monoisotopic (exact) mass is 311 g/mol. The van der Waals surface area contributed by atoms with Crippen molar-refractivity contribution >= 4 is 29.0 Å². The van der Waals surface area contributed by atoms with Gasteiger partial charge in [0.15, 0.2) is 0 Å². The number of nitrogens with one attached hydrogen (secondary N) is 1. The van der Waals surface area contributed by atoms with Gasteiger partial charge in [0.05, 0.1) is 11.4 Å². The van der Waals surface area contributed by atoms with Crippen LogP contribution >= 0.6 is 11.8 Å². The van der Waals surface area contributed by atoms with Gasteiger partial charge in [-0.25, -0.2) is 4.39 Å². The molecule has 1 aromatic carbocycles. The van der Waals surface area contributed by atoms with Gasteiger partial charge in [0.1, 0.15) is 5.82 Å². The Kier molecular flexibility index (Phi) is 5.87. The van der Waals surface area contributed by atoms with E-state index in [-0.39, 0.29) is 11.6 Å².